The summed E-state index contributed by atoms with van der Waals surface area (Å²) in [6, 6.07) is 5.44. The van der Waals surface area contributed by atoms with Crippen molar-refractivity contribution in [2.75, 3.05) is 31.6 Å². The van der Waals surface area contributed by atoms with Crippen LogP contribution in [0.15, 0.2) is 36.9 Å². The van der Waals surface area contributed by atoms with Crippen LogP contribution in [0.4, 0.5) is 10.5 Å². The minimum Gasteiger partial charge on any atom is -0.378 e. The van der Waals surface area contributed by atoms with Crippen molar-refractivity contribution in [2.24, 2.45) is 0 Å². The third-order valence-electron chi connectivity index (χ3n) is 4.96. The first-order valence-corrected chi connectivity index (χ1v) is 9.26. The van der Waals surface area contributed by atoms with Crippen LogP contribution < -0.4 is 10.6 Å². The van der Waals surface area contributed by atoms with Crippen LogP contribution in [0.3, 0.4) is 0 Å². The molecule has 2 amide bonds. The number of imidazole rings is 1. The molecule has 4 rings (SSSR count). The number of hydrogen-bond acceptors (Lipinski definition) is 4. The smallest absolute Gasteiger partial charge is 0.319 e. The predicted octanol–water partition coefficient (Wildman–Crippen LogP) is 2.51. The van der Waals surface area contributed by atoms with Crippen molar-refractivity contribution < 1.29 is 9.53 Å². The van der Waals surface area contributed by atoms with Gasteiger partial charge in [-0.25, -0.2) is 9.78 Å². The number of rotatable bonds is 4. The summed E-state index contributed by atoms with van der Waals surface area (Å²) >= 11 is 6.34. The van der Waals surface area contributed by atoms with E-state index in [0.717, 1.165) is 18.8 Å². The first kappa shape index (κ1) is 17.3. The fraction of sp³-hybridized carbons (Fsp3) is 0.444. The van der Waals surface area contributed by atoms with Gasteiger partial charge >= 0.3 is 6.03 Å². The number of carbonyl (C=O) groups excluding carboxylic acids is 1. The van der Waals surface area contributed by atoms with Gasteiger partial charge in [-0.3, -0.25) is 4.90 Å². The molecule has 2 saturated heterocycles. The van der Waals surface area contributed by atoms with Crippen LogP contribution in [0, 0.1) is 0 Å². The average Bonchev–Trinajstić information content (AvgIpc) is 3.37. The van der Waals surface area contributed by atoms with Crippen LogP contribution in [0.1, 0.15) is 12.8 Å². The van der Waals surface area contributed by atoms with E-state index in [1.807, 2.05) is 22.9 Å². The Morgan fingerprint density at radius 1 is 1.27 bits per heavy atom. The standard InChI is InChI=1S/C18H22ClN5O2/c19-14-9-13(3-4-16(14)24-8-5-20-12-24)21-18(25)22-15-10-26-11-17(15)23-6-1-2-7-23/h3-5,8-9,12,15,17H,1-2,6-7,10-11H2,(H2,21,22,25)/t15-,17-/m1/s1. The molecule has 2 N–H and O–H groups in total. The van der Waals surface area contributed by atoms with Crippen LogP contribution in [-0.2, 0) is 4.74 Å². The lowest BCUT2D eigenvalue weighted by Crippen LogP contribution is -2.51. The SMILES string of the molecule is O=C(Nc1ccc(-n2ccnc2)c(Cl)c1)N[C@@H]1COC[C@H]1N1CCCC1. The number of amides is 2. The maximum absolute atomic E-state index is 12.4. The Labute approximate surface area is 157 Å². The van der Waals surface area contributed by atoms with Crippen LogP contribution in [-0.4, -0.2) is 58.9 Å². The van der Waals surface area contributed by atoms with Gasteiger partial charge in [0, 0.05) is 18.1 Å². The molecule has 0 bridgehead atoms. The van der Waals surface area contributed by atoms with Crippen LogP contribution >= 0.6 is 11.6 Å². The van der Waals surface area contributed by atoms with Gasteiger partial charge in [-0.1, -0.05) is 11.6 Å². The zero-order valence-electron chi connectivity index (χ0n) is 14.4. The second-order valence-corrected chi connectivity index (χ2v) is 7.10. The monoisotopic (exact) mass is 375 g/mol. The summed E-state index contributed by atoms with van der Waals surface area (Å²) in [6.07, 6.45) is 7.63. The third kappa shape index (κ3) is 3.70. The lowest BCUT2D eigenvalue weighted by atomic mass is 10.1. The normalized spacial score (nSPS) is 23.3. The van der Waals surface area contributed by atoms with E-state index < -0.39 is 0 Å². The summed E-state index contributed by atoms with van der Waals surface area (Å²) in [5.74, 6) is 0. The van der Waals surface area contributed by atoms with E-state index in [1.165, 1.54) is 12.8 Å². The highest BCUT2D eigenvalue weighted by Gasteiger charge is 2.35. The third-order valence-corrected chi connectivity index (χ3v) is 5.27. The van der Waals surface area contributed by atoms with Gasteiger partial charge in [0.1, 0.15) is 0 Å². The number of hydrogen-bond donors (Lipinski definition) is 2. The van der Waals surface area contributed by atoms with E-state index in [2.05, 4.69) is 20.5 Å². The maximum Gasteiger partial charge on any atom is 0.319 e. The number of urea groups is 1. The molecule has 7 nitrogen and oxygen atoms in total. The van der Waals surface area contributed by atoms with E-state index in [-0.39, 0.29) is 18.1 Å². The van der Waals surface area contributed by atoms with Crippen molar-refractivity contribution in [3.05, 3.63) is 41.9 Å². The summed E-state index contributed by atoms with van der Waals surface area (Å²) < 4.78 is 7.42. The van der Waals surface area contributed by atoms with Gasteiger partial charge in [-0.15, -0.1) is 0 Å². The molecule has 2 aliphatic heterocycles. The van der Waals surface area contributed by atoms with Gasteiger partial charge in [-0.05, 0) is 44.1 Å². The van der Waals surface area contributed by atoms with Gasteiger partial charge in [-0.2, -0.15) is 0 Å². The molecule has 0 aliphatic carbocycles. The highest BCUT2D eigenvalue weighted by molar-refractivity contribution is 6.32. The molecule has 2 fully saturated rings. The molecule has 2 aromatic rings. The number of nitrogens with zero attached hydrogens (tertiary/aromatic N) is 3. The lowest BCUT2D eigenvalue weighted by molar-refractivity contribution is 0.159. The summed E-state index contributed by atoms with van der Waals surface area (Å²) in [5.41, 5.74) is 1.46. The van der Waals surface area contributed by atoms with Gasteiger partial charge in [0.15, 0.2) is 0 Å². The average molecular weight is 376 g/mol. The van der Waals surface area contributed by atoms with Crippen molar-refractivity contribution in [2.45, 2.75) is 24.9 Å². The molecular weight excluding hydrogens is 354 g/mol. The summed E-state index contributed by atoms with van der Waals surface area (Å²) in [4.78, 5) is 18.8. The highest BCUT2D eigenvalue weighted by atomic mass is 35.5. The van der Waals surface area contributed by atoms with Gasteiger partial charge in [0.2, 0.25) is 0 Å². The Hall–Kier alpha value is -2.09. The van der Waals surface area contributed by atoms with Crippen LogP contribution in [0.2, 0.25) is 5.02 Å². The van der Waals surface area contributed by atoms with Crippen LogP contribution in [0.5, 0.6) is 0 Å². The van der Waals surface area contributed by atoms with Crippen molar-refractivity contribution in [3.63, 3.8) is 0 Å². The molecule has 1 aromatic carbocycles. The Morgan fingerprint density at radius 3 is 2.85 bits per heavy atom. The van der Waals surface area contributed by atoms with E-state index in [4.69, 9.17) is 16.3 Å². The molecule has 1 aromatic heterocycles. The zero-order chi connectivity index (χ0) is 17.9. The van der Waals surface area contributed by atoms with E-state index in [0.29, 0.717) is 23.9 Å². The first-order chi connectivity index (χ1) is 12.7. The second kappa shape index (κ2) is 7.65. The number of carbonyl (C=O) groups is 1. The molecule has 2 atom stereocenters. The number of ether oxygens (including phenoxy) is 1. The first-order valence-electron chi connectivity index (χ1n) is 8.88. The van der Waals surface area contributed by atoms with E-state index in [1.54, 1.807) is 18.6 Å². The molecule has 2 aliphatic rings. The Kier molecular flexibility index (Phi) is 5.10. The summed E-state index contributed by atoms with van der Waals surface area (Å²) in [5, 5.41) is 6.44. The number of benzene rings is 1. The fourth-order valence-corrected chi connectivity index (χ4v) is 3.92. The van der Waals surface area contributed by atoms with Crippen LogP contribution in [0.25, 0.3) is 5.69 Å². The van der Waals surface area contributed by atoms with Crippen molar-refractivity contribution in [1.82, 2.24) is 19.8 Å². The zero-order valence-corrected chi connectivity index (χ0v) is 15.2. The van der Waals surface area contributed by atoms with E-state index >= 15 is 0 Å². The van der Waals surface area contributed by atoms with Crippen molar-refractivity contribution in [1.29, 1.82) is 0 Å². The second-order valence-electron chi connectivity index (χ2n) is 6.69. The lowest BCUT2D eigenvalue weighted by Gasteiger charge is -2.27. The van der Waals surface area contributed by atoms with Gasteiger partial charge in [0.25, 0.3) is 0 Å². The molecule has 26 heavy (non-hydrogen) atoms. The number of aromatic nitrogens is 2. The summed E-state index contributed by atoms with van der Waals surface area (Å²) in [7, 11) is 0. The van der Waals surface area contributed by atoms with Crippen molar-refractivity contribution in [3.8, 4) is 5.69 Å². The minimum absolute atomic E-state index is 0.00814. The highest BCUT2D eigenvalue weighted by Crippen LogP contribution is 2.24. The minimum atomic E-state index is -0.240. The maximum atomic E-state index is 12.4. The molecule has 0 spiro atoms. The molecule has 3 heterocycles. The Bertz CT molecular complexity index is 761. The Balaban J connectivity index is 1.38. The van der Waals surface area contributed by atoms with Gasteiger partial charge < -0.3 is 19.9 Å². The van der Waals surface area contributed by atoms with Gasteiger partial charge in [0.05, 0.1) is 42.3 Å². The molecule has 138 valence electrons. The number of likely N-dealkylation sites (tertiary alicyclic amines) is 1. The quantitative estimate of drug-likeness (QED) is 0.861. The van der Waals surface area contributed by atoms with Crippen molar-refractivity contribution >= 4 is 23.3 Å². The largest absolute Gasteiger partial charge is 0.378 e. The topological polar surface area (TPSA) is 71.4 Å². The number of halogens is 1. The number of nitrogens with one attached hydrogen (secondary N) is 2. The molecule has 0 saturated carbocycles. The Morgan fingerprint density at radius 2 is 2.12 bits per heavy atom. The van der Waals surface area contributed by atoms with E-state index in [9.17, 15) is 4.79 Å². The number of anilines is 1. The summed E-state index contributed by atoms with van der Waals surface area (Å²) in [6.45, 7) is 3.39. The molecule has 0 radical (unpaired) electrons. The molecule has 0 unspecified atom stereocenters. The fourth-order valence-electron chi connectivity index (χ4n) is 3.65. The predicted molar refractivity (Wildman–Crippen MR) is 99.9 cm³/mol. The molecular formula is C18H22ClN5O2. The molecule has 8 heteroatoms.